The maximum atomic E-state index is 10.1. The van der Waals surface area contributed by atoms with Crippen LogP contribution in [0.5, 0.6) is 5.75 Å². The van der Waals surface area contributed by atoms with Crippen LogP contribution in [0.2, 0.25) is 0 Å². The van der Waals surface area contributed by atoms with E-state index < -0.39 is 30.7 Å². The molecule has 134 valence electrons. The van der Waals surface area contributed by atoms with Crippen molar-refractivity contribution in [2.24, 2.45) is 0 Å². The van der Waals surface area contributed by atoms with Gasteiger partial charge in [0.15, 0.2) is 0 Å². The molecule has 0 spiro atoms. The molecule has 0 bridgehead atoms. The zero-order valence-electron chi connectivity index (χ0n) is 13.6. The van der Waals surface area contributed by atoms with Gasteiger partial charge in [-0.15, -0.1) is 0 Å². The van der Waals surface area contributed by atoms with E-state index in [0.29, 0.717) is 12.4 Å². The minimum Gasteiger partial charge on any atom is -0.462 e. The molecule has 1 unspecified atom stereocenters. The van der Waals surface area contributed by atoms with Crippen molar-refractivity contribution in [2.75, 3.05) is 6.61 Å². The van der Waals surface area contributed by atoms with Crippen molar-refractivity contribution in [3.05, 3.63) is 66.2 Å². The quantitative estimate of drug-likeness (QED) is 0.726. The van der Waals surface area contributed by atoms with Crippen molar-refractivity contribution in [1.29, 1.82) is 0 Å². The van der Waals surface area contributed by atoms with Crippen LogP contribution in [0, 0.1) is 0 Å². The lowest BCUT2D eigenvalue weighted by Gasteiger charge is -2.40. The van der Waals surface area contributed by atoms with Gasteiger partial charge in [-0.2, -0.15) is 0 Å². The number of para-hydroxylation sites is 1. The second kappa shape index (κ2) is 8.42. The van der Waals surface area contributed by atoms with Crippen LogP contribution >= 0.6 is 0 Å². The Balaban J connectivity index is 1.58. The summed E-state index contributed by atoms with van der Waals surface area (Å²) in [4.78, 5) is 0. The molecule has 0 amide bonds. The highest BCUT2D eigenvalue weighted by Crippen LogP contribution is 2.24. The normalized spacial score (nSPS) is 29.3. The summed E-state index contributed by atoms with van der Waals surface area (Å²) >= 11 is 0. The molecule has 3 rings (SSSR count). The lowest BCUT2D eigenvalue weighted by Crippen LogP contribution is -2.60. The number of hydrogen-bond donors (Lipinski definition) is 3. The van der Waals surface area contributed by atoms with E-state index >= 15 is 0 Å². The number of rotatable bonds is 6. The van der Waals surface area contributed by atoms with Crippen molar-refractivity contribution in [3.63, 3.8) is 0 Å². The molecule has 2 aromatic rings. The summed E-state index contributed by atoms with van der Waals surface area (Å²) in [5.74, 6) is 0.499. The molecule has 6 nitrogen and oxygen atoms in total. The van der Waals surface area contributed by atoms with Crippen molar-refractivity contribution in [2.45, 2.75) is 37.3 Å². The molecule has 1 saturated heterocycles. The molecule has 0 radical (unpaired) electrons. The van der Waals surface area contributed by atoms with Crippen LogP contribution in [-0.2, 0) is 16.1 Å². The van der Waals surface area contributed by atoms with Crippen molar-refractivity contribution in [3.8, 4) is 5.75 Å². The van der Waals surface area contributed by atoms with E-state index in [9.17, 15) is 15.3 Å². The number of hydrogen-bond acceptors (Lipinski definition) is 6. The van der Waals surface area contributed by atoms with E-state index in [0.717, 1.165) is 5.56 Å². The molecule has 3 N–H and O–H groups in total. The van der Waals surface area contributed by atoms with Gasteiger partial charge in [-0.3, -0.25) is 0 Å². The number of aliphatic hydroxyl groups excluding tert-OH is 3. The average molecular weight is 346 g/mol. The summed E-state index contributed by atoms with van der Waals surface area (Å²) in [6.07, 6.45) is -5.91. The van der Waals surface area contributed by atoms with Gasteiger partial charge in [-0.05, 0) is 17.7 Å². The van der Waals surface area contributed by atoms with Crippen molar-refractivity contribution < 1.29 is 29.5 Å². The zero-order valence-corrected chi connectivity index (χ0v) is 13.6. The van der Waals surface area contributed by atoms with Gasteiger partial charge in [0, 0.05) is 0 Å². The fourth-order valence-electron chi connectivity index (χ4n) is 2.65. The van der Waals surface area contributed by atoms with E-state index in [-0.39, 0.29) is 6.61 Å². The Kier molecular flexibility index (Phi) is 6.01. The highest BCUT2D eigenvalue weighted by Gasteiger charge is 2.45. The van der Waals surface area contributed by atoms with Crippen LogP contribution in [0.15, 0.2) is 60.7 Å². The van der Waals surface area contributed by atoms with Gasteiger partial charge in [0.05, 0.1) is 13.2 Å². The van der Waals surface area contributed by atoms with E-state index in [2.05, 4.69) is 0 Å². The van der Waals surface area contributed by atoms with Crippen LogP contribution in [-0.4, -0.2) is 52.6 Å². The summed E-state index contributed by atoms with van der Waals surface area (Å²) in [7, 11) is 0. The molecule has 5 atom stereocenters. The molecule has 0 saturated carbocycles. The molecular formula is C19H22O6. The van der Waals surface area contributed by atoms with Gasteiger partial charge in [-0.25, -0.2) is 0 Å². The first kappa shape index (κ1) is 17.8. The van der Waals surface area contributed by atoms with Gasteiger partial charge in [-0.1, -0.05) is 48.5 Å². The molecular weight excluding hydrogens is 324 g/mol. The Morgan fingerprint density at radius 1 is 0.800 bits per heavy atom. The molecule has 6 heteroatoms. The lowest BCUT2D eigenvalue weighted by atomic mass is 9.99. The summed E-state index contributed by atoms with van der Waals surface area (Å²) in [5.41, 5.74) is 0.991. The van der Waals surface area contributed by atoms with E-state index in [1.165, 1.54) is 0 Å². The highest BCUT2D eigenvalue weighted by atomic mass is 16.7. The first-order valence-electron chi connectivity index (χ1n) is 8.18. The molecule has 0 aromatic heterocycles. The minimum absolute atomic E-state index is 0.0640. The zero-order chi connectivity index (χ0) is 17.6. The fraction of sp³-hybridized carbons (Fsp3) is 0.368. The molecule has 2 aromatic carbocycles. The van der Waals surface area contributed by atoms with Crippen LogP contribution in [0.3, 0.4) is 0 Å². The van der Waals surface area contributed by atoms with Gasteiger partial charge in [0.25, 0.3) is 0 Å². The average Bonchev–Trinajstić information content (AvgIpc) is 2.65. The van der Waals surface area contributed by atoms with Gasteiger partial charge in [0.1, 0.15) is 30.2 Å². The predicted octanol–water partition coefficient (Wildman–Crippen LogP) is 1.09. The Labute approximate surface area is 146 Å². The Hall–Kier alpha value is -1.96. The van der Waals surface area contributed by atoms with Gasteiger partial charge >= 0.3 is 0 Å². The third-order valence-corrected chi connectivity index (χ3v) is 4.06. The second-order valence-electron chi connectivity index (χ2n) is 5.95. The highest BCUT2D eigenvalue weighted by molar-refractivity contribution is 5.21. The summed E-state index contributed by atoms with van der Waals surface area (Å²) in [6, 6.07) is 18.4. The Bertz CT molecular complexity index is 635. The predicted molar refractivity (Wildman–Crippen MR) is 89.8 cm³/mol. The Morgan fingerprint density at radius 3 is 2.12 bits per heavy atom. The molecule has 1 heterocycles. The summed E-state index contributed by atoms with van der Waals surface area (Å²) < 4.78 is 16.8. The third-order valence-electron chi connectivity index (χ3n) is 4.06. The van der Waals surface area contributed by atoms with Crippen LogP contribution < -0.4 is 4.74 Å². The lowest BCUT2D eigenvalue weighted by molar-refractivity contribution is -0.280. The monoisotopic (exact) mass is 346 g/mol. The first-order valence-corrected chi connectivity index (χ1v) is 8.18. The van der Waals surface area contributed by atoms with Gasteiger partial charge < -0.3 is 29.5 Å². The maximum Gasteiger partial charge on any atom is 0.229 e. The largest absolute Gasteiger partial charge is 0.462 e. The third kappa shape index (κ3) is 4.56. The van der Waals surface area contributed by atoms with E-state index in [4.69, 9.17) is 14.2 Å². The van der Waals surface area contributed by atoms with E-state index in [1.807, 2.05) is 36.4 Å². The molecule has 25 heavy (non-hydrogen) atoms. The van der Waals surface area contributed by atoms with Crippen LogP contribution in [0.4, 0.5) is 0 Å². The van der Waals surface area contributed by atoms with Crippen LogP contribution in [0.25, 0.3) is 0 Å². The van der Waals surface area contributed by atoms with Crippen LogP contribution in [0.1, 0.15) is 5.56 Å². The fourth-order valence-corrected chi connectivity index (χ4v) is 2.65. The standard InChI is InChI=1S/C19H22O6/c20-16-15(12-23-11-13-7-3-1-4-8-13)25-19(18(22)17(16)21)24-14-9-5-2-6-10-14/h1-10,15-22H,11-12H2/t15-,16-,17+,18-,19?/m1/s1. The second-order valence-corrected chi connectivity index (χ2v) is 5.95. The summed E-state index contributed by atoms with van der Waals surface area (Å²) in [6.45, 7) is 0.421. The molecule has 1 fully saturated rings. The molecule has 1 aliphatic rings. The number of aliphatic hydroxyl groups is 3. The number of benzene rings is 2. The first-order chi connectivity index (χ1) is 12.1. The summed E-state index contributed by atoms with van der Waals surface area (Å²) in [5, 5.41) is 30.3. The van der Waals surface area contributed by atoms with E-state index in [1.54, 1.807) is 24.3 Å². The van der Waals surface area contributed by atoms with Crippen molar-refractivity contribution >= 4 is 0 Å². The molecule has 1 aliphatic heterocycles. The number of ether oxygens (including phenoxy) is 3. The topological polar surface area (TPSA) is 88.4 Å². The van der Waals surface area contributed by atoms with Crippen molar-refractivity contribution in [1.82, 2.24) is 0 Å². The Morgan fingerprint density at radius 2 is 1.44 bits per heavy atom. The smallest absolute Gasteiger partial charge is 0.229 e. The van der Waals surface area contributed by atoms with Gasteiger partial charge in [0.2, 0.25) is 6.29 Å². The molecule has 0 aliphatic carbocycles. The SMILES string of the molecule is O[C@H]1[C@H](O)[C@@H](O)C(Oc2ccccc2)O[C@@H]1COCc1ccccc1. The maximum absolute atomic E-state index is 10.1. The minimum atomic E-state index is -1.38.